The average Bonchev–Trinajstić information content (AvgIpc) is 3.46. The van der Waals surface area contributed by atoms with E-state index in [2.05, 4.69) is 15.3 Å². The highest BCUT2D eigenvalue weighted by atomic mass is 19.2. The van der Waals surface area contributed by atoms with Crippen LogP contribution < -0.4 is 5.32 Å². The minimum Gasteiger partial charge on any atom is -0.394 e. The first-order valence-electron chi connectivity index (χ1n) is 11.5. The quantitative estimate of drug-likeness (QED) is 0.127. The molecule has 7 nitrogen and oxygen atoms in total. The van der Waals surface area contributed by atoms with Gasteiger partial charge in [-0.2, -0.15) is 0 Å². The van der Waals surface area contributed by atoms with Crippen molar-refractivity contribution >= 4 is 30.7 Å². The molecule has 0 fully saturated rings. The smallest absolute Gasteiger partial charge is 0.394 e. The Morgan fingerprint density at radius 3 is 2.74 bits per heavy atom. The molecule has 10 heteroatoms. The van der Waals surface area contributed by atoms with Crippen LogP contribution in [0.4, 0.5) is 8.63 Å². The van der Waals surface area contributed by atoms with E-state index in [1.54, 1.807) is 42.5 Å². The van der Waals surface area contributed by atoms with Crippen LogP contribution in [0.2, 0.25) is 0 Å². The highest BCUT2D eigenvalue weighted by molar-refractivity contribution is 6.58. The number of benzene rings is 1. The van der Waals surface area contributed by atoms with E-state index in [1.165, 1.54) is 0 Å². The van der Waals surface area contributed by atoms with Crippen molar-refractivity contribution in [3.8, 4) is 0 Å². The molecule has 1 amide bonds. The van der Waals surface area contributed by atoms with Crippen molar-refractivity contribution in [3.63, 3.8) is 0 Å². The predicted molar refractivity (Wildman–Crippen MR) is 135 cm³/mol. The number of amides is 1. The number of aryl methyl sites for hydroxylation is 1. The maximum atomic E-state index is 15.8. The summed E-state index contributed by atoms with van der Waals surface area (Å²) in [4.78, 5) is 14.8. The Labute approximate surface area is 202 Å². The van der Waals surface area contributed by atoms with E-state index in [-0.39, 0.29) is 18.7 Å². The summed E-state index contributed by atoms with van der Waals surface area (Å²) in [5, 5.41) is 6.13. The second-order valence-electron chi connectivity index (χ2n) is 8.19. The van der Waals surface area contributed by atoms with Gasteiger partial charge in [0.05, 0.1) is 0 Å². The summed E-state index contributed by atoms with van der Waals surface area (Å²) in [6, 6.07) is 13.1. The summed E-state index contributed by atoms with van der Waals surface area (Å²) < 4.78 is 33.7. The lowest BCUT2D eigenvalue weighted by Crippen LogP contribution is -2.50. The van der Waals surface area contributed by atoms with Crippen molar-refractivity contribution in [1.29, 1.82) is 0 Å². The number of rotatable bonds is 10. The zero-order valence-electron chi connectivity index (χ0n) is 19.1. The second-order valence-corrected chi connectivity index (χ2v) is 8.19. The number of fused-ring (bicyclic) bond motifs is 2. The maximum absolute atomic E-state index is 15.8. The fourth-order valence-corrected chi connectivity index (χ4v) is 4.21. The van der Waals surface area contributed by atoms with Crippen LogP contribution in [0.1, 0.15) is 29.8 Å². The second kappa shape index (κ2) is 10.8. The van der Waals surface area contributed by atoms with Crippen LogP contribution in [0, 0.1) is 0 Å². The minimum absolute atomic E-state index is 0.0900. The van der Waals surface area contributed by atoms with Gasteiger partial charge in [-0.1, -0.05) is 53.7 Å². The van der Waals surface area contributed by atoms with Crippen molar-refractivity contribution in [2.24, 2.45) is 5.11 Å². The van der Waals surface area contributed by atoms with Crippen LogP contribution in [0.25, 0.3) is 22.6 Å². The Hall–Kier alpha value is -4.17. The first-order valence-corrected chi connectivity index (χ1v) is 11.5. The number of hydrogen-bond acceptors (Lipinski definition) is 2. The molecule has 0 saturated carbocycles. The van der Waals surface area contributed by atoms with Crippen LogP contribution in [-0.2, 0) is 11.2 Å². The molecular weight excluding hydrogens is 449 g/mol. The Bertz CT molecular complexity index is 1300. The Morgan fingerprint density at radius 1 is 1.14 bits per heavy atom. The molecule has 2 aliphatic heterocycles. The number of allylic oxidation sites excluding steroid dienone is 5. The summed E-state index contributed by atoms with van der Waals surface area (Å²) in [5.41, 5.74) is 11.0. The van der Waals surface area contributed by atoms with Crippen molar-refractivity contribution in [2.45, 2.75) is 19.3 Å². The van der Waals surface area contributed by atoms with Gasteiger partial charge < -0.3 is 22.9 Å². The van der Waals surface area contributed by atoms with Gasteiger partial charge in [0.2, 0.25) is 5.91 Å². The van der Waals surface area contributed by atoms with Crippen LogP contribution in [0.3, 0.4) is 0 Å². The van der Waals surface area contributed by atoms with Gasteiger partial charge >= 0.3 is 6.97 Å². The van der Waals surface area contributed by atoms with Gasteiger partial charge in [-0.15, -0.1) is 0 Å². The van der Waals surface area contributed by atoms with E-state index in [0.29, 0.717) is 42.3 Å². The van der Waals surface area contributed by atoms with Crippen molar-refractivity contribution in [1.82, 2.24) is 9.79 Å². The van der Waals surface area contributed by atoms with Crippen molar-refractivity contribution < 1.29 is 17.9 Å². The van der Waals surface area contributed by atoms with E-state index in [9.17, 15) is 4.79 Å². The number of halogens is 2. The molecular formula is C25H25BF2N6O. The topological polar surface area (TPSA) is 85.8 Å². The van der Waals surface area contributed by atoms with Crippen molar-refractivity contribution in [3.05, 3.63) is 106 Å². The highest BCUT2D eigenvalue weighted by Crippen LogP contribution is 2.33. The number of aromatic nitrogens is 1. The van der Waals surface area contributed by atoms with Crippen LogP contribution in [-0.4, -0.2) is 40.6 Å². The first-order chi connectivity index (χ1) is 17.0. The van der Waals surface area contributed by atoms with Gasteiger partial charge in [0.25, 0.3) is 0 Å². The lowest BCUT2D eigenvalue weighted by Gasteiger charge is -2.30. The Morgan fingerprint density at radius 2 is 1.94 bits per heavy atom. The summed E-state index contributed by atoms with van der Waals surface area (Å²) in [7, 11) is 0. The van der Waals surface area contributed by atoms with Gasteiger partial charge in [0.1, 0.15) is 0 Å². The third kappa shape index (κ3) is 5.50. The van der Waals surface area contributed by atoms with E-state index in [0.717, 1.165) is 14.5 Å². The maximum Gasteiger partial charge on any atom is 0.737 e. The largest absolute Gasteiger partial charge is 0.737 e. The van der Waals surface area contributed by atoms with E-state index in [1.807, 2.05) is 42.5 Å². The summed E-state index contributed by atoms with van der Waals surface area (Å²) in [6.07, 6.45) is 13.1. The standard InChI is InChI=1S/C25H25BF2N6O/c27-26(28)33-21(10-5-4-9-20-7-2-1-3-8-20)11-13-23(33)19-24-14-12-22(34(24)26)15-16-25(35)30-17-6-18-31-32-29/h1-5,7-14,19H,6,15-18H2,(H,30,35)/b9-4+,10-5+. The van der Waals surface area contributed by atoms with E-state index < -0.39 is 6.97 Å². The van der Waals surface area contributed by atoms with Gasteiger partial charge in [-0.05, 0) is 41.8 Å². The predicted octanol–water partition coefficient (Wildman–Crippen LogP) is 5.11. The van der Waals surface area contributed by atoms with E-state index in [4.69, 9.17) is 5.53 Å². The zero-order chi connectivity index (χ0) is 24.7. The molecule has 1 aromatic heterocycles. The summed E-state index contributed by atoms with van der Waals surface area (Å²) in [5.74, 6) is -0.229. The summed E-state index contributed by atoms with van der Waals surface area (Å²) in [6.45, 7) is -3.45. The molecule has 0 spiro atoms. The minimum atomic E-state index is -4.12. The SMILES string of the molecule is [N-]=[N+]=NCCCNC(=O)CCc1ccc2n1[B-](F)(F)[N+]1=C(/C=C/C=C/c3ccccc3)C=CC1=C2. The fraction of sp³-hybridized carbons (Fsp3) is 0.200. The molecule has 0 bridgehead atoms. The number of carbonyl (C=O) groups is 1. The molecule has 35 heavy (non-hydrogen) atoms. The number of carbonyl (C=O) groups excluding carboxylic acids is 1. The molecule has 2 aromatic rings. The van der Waals surface area contributed by atoms with E-state index >= 15 is 8.63 Å². The molecule has 1 aromatic carbocycles. The van der Waals surface area contributed by atoms with Crippen LogP contribution in [0.15, 0.2) is 83.7 Å². The Kier molecular flexibility index (Phi) is 7.43. The van der Waals surface area contributed by atoms with Gasteiger partial charge in [0.15, 0.2) is 11.4 Å². The molecule has 0 atom stereocenters. The molecule has 3 heterocycles. The molecule has 1 N–H and O–H groups in total. The fourth-order valence-electron chi connectivity index (χ4n) is 4.21. The molecule has 178 valence electrons. The van der Waals surface area contributed by atoms with Crippen LogP contribution in [0.5, 0.6) is 0 Å². The molecule has 0 aliphatic carbocycles. The Balaban J connectivity index is 1.47. The van der Waals surface area contributed by atoms with Gasteiger partial charge in [0, 0.05) is 54.4 Å². The molecule has 0 radical (unpaired) electrons. The van der Waals surface area contributed by atoms with Gasteiger partial charge in [-0.25, -0.2) is 0 Å². The number of azide groups is 1. The first kappa shape index (κ1) is 24.0. The lowest BCUT2D eigenvalue weighted by atomic mass is 9.90. The molecule has 4 rings (SSSR count). The molecule has 0 saturated heterocycles. The third-order valence-electron chi connectivity index (χ3n) is 5.83. The average molecular weight is 474 g/mol. The molecule has 0 unspecified atom stereocenters. The van der Waals surface area contributed by atoms with Crippen molar-refractivity contribution in [2.75, 3.05) is 13.1 Å². The van der Waals surface area contributed by atoms with Gasteiger partial charge in [-0.3, -0.25) is 4.79 Å². The number of nitrogens with zero attached hydrogens (tertiary/aromatic N) is 5. The monoisotopic (exact) mass is 474 g/mol. The highest BCUT2D eigenvalue weighted by Gasteiger charge is 2.52. The number of nitrogens with one attached hydrogen (secondary N) is 1. The lowest BCUT2D eigenvalue weighted by molar-refractivity contribution is -0.360. The number of hydrogen-bond donors (Lipinski definition) is 1. The normalized spacial score (nSPS) is 15.8. The summed E-state index contributed by atoms with van der Waals surface area (Å²) >= 11 is 0. The molecule has 2 aliphatic rings. The zero-order valence-corrected chi connectivity index (χ0v) is 19.1. The van der Waals surface area contributed by atoms with Crippen LogP contribution >= 0.6 is 0 Å². The third-order valence-corrected chi connectivity index (χ3v) is 5.83.